The molecule has 1 aromatic rings. The molecule has 0 fully saturated rings. The summed E-state index contributed by atoms with van der Waals surface area (Å²) in [6.45, 7) is 6.08. The fourth-order valence-corrected chi connectivity index (χ4v) is 4.55. The third-order valence-corrected chi connectivity index (χ3v) is 6.70. The second-order valence-corrected chi connectivity index (χ2v) is 10.1. The van der Waals surface area contributed by atoms with E-state index in [0.717, 1.165) is 32.1 Å². The predicted octanol–water partition coefficient (Wildman–Crippen LogP) is 5.40. The van der Waals surface area contributed by atoms with Crippen LogP contribution in [0.1, 0.15) is 59.3 Å². The van der Waals surface area contributed by atoms with Crippen LogP contribution in [0.15, 0.2) is 24.3 Å². The molecule has 0 heterocycles. The number of benzene rings is 1. The molecule has 0 aliphatic heterocycles. The Morgan fingerprint density at radius 1 is 0.944 bits per heavy atom. The van der Waals surface area contributed by atoms with Crippen molar-refractivity contribution in [2.75, 3.05) is 32.5 Å². The van der Waals surface area contributed by atoms with Crippen molar-refractivity contribution in [3.8, 4) is 5.75 Å². The standard InChI is InChI=1S/C23H38N3O9P/c1-4-7-14-24-22(27)32-17-21(34-23(28)25-15-8-5-2)18-33-36(31,16-9-6-3)35-20-12-10-19(11-13-20)26(29)30/h10-13,21H,4-9,14-18H2,1-3H3,(H,24,27)(H,25,28). The molecule has 2 N–H and O–H groups in total. The minimum atomic E-state index is -3.73. The monoisotopic (exact) mass is 531 g/mol. The maximum Gasteiger partial charge on any atom is 0.407 e. The van der Waals surface area contributed by atoms with Gasteiger partial charge in [0, 0.05) is 25.2 Å². The summed E-state index contributed by atoms with van der Waals surface area (Å²) in [5.74, 6) is 0.140. The number of nitrogens with zero attached hydrogens (tertiary/aromatic N) is 1. The lowest BCUT2D eigenvalue weighted by molar-refractivity contribution is -0.384. The number of alkyl carbamates (subject to hydrolysis) is 2. The summed E-state index contributed by atoms with van der Waals surface area (Å²) in [7, 11) is -3.73. The van der Waals surface area contributed by atoms with Crippen LogP contribution in [0.4, 0.5) is 15.3 Å². The van der Waals surface area contributed by atoms with Crippen LogP contribution >= 0.6 is 7.60 Å². The lowest BCUT2D eigenvalue weighted by atomic mass is 10.3. The molecule has 204 valence electrons. The van der Waals surface area contributed by atoms with Gasteiger partial charge in [0.15, 0.2) is 6.10 Å². The minimum Gasteiger partial charge on any atom is -0.446 e. The van der Waals surface area contributed by atoms with E-state index < -0.39 is 30.8 Å². The van der Waals surface area contributed by atoms with Gasteiger partial charge >= 0.3 is 19.8 Å². The van der Waals surface area contributed by atoms with E-state index in [9.17, 15) is 24.3 Å². The van der Waals surface area contributed by atoms with Crippen LogP contribution in [0.5, 0.6) is 5.75 Å². The molecule has 0 saturated carbocycles. The van der Waals surface area contributed by atoms with Crippen LogP contribution in [-0.2, 0) is 18.6 Å². The first kappa shape index (κ1) is 31.2. The topological polar surface area (TPSA) is 155 Å². The van der Waals surface area contributed by atoms with Crippen molar-refractivity contribution in [3.63, 3.8) is 0 Å². The molecular formula is C23H38N3O9P. The predicted molar refractivity (Wildman–Crippen MR) is 134 cm³/mol. The average molecular weight is 532 g/mol. The van der Waals surface area contributed by atoms with Crippen LogP contribution in [0.25, 0.3) is 0 Å². The molecule has 1 rings (SSSR count). The largest absolute Gasteiger partial charge is 0.446 e. The van der Waals surface area contributed by atoms with Gasteiger partial charge in [-0.05, 0) is 31.4 Å². The number of rotatable bonds is 18. The number of amides is 2. The van der Waals surface area contributed by atoms with Crippen LogP contribution in [0, 0.1) is 10.1 Å². The van der Waals surface area contributed by atoms with Gasteiger partial charge in [-0.3, -0.25) is 14.6 Å². The van der Waals surface area contributed by atoms with Crippen molar-refractivity contribution in [1.29, 1.82) is 0 Å². The molecule has 12 nitrogen and oxygen atoms in total. The van der Waals surface area contributed by atoms with Gasteiger partial charge in [-0.1, -0.05) is 40.0 Å². The van der Waals surface area contributed by atoms with E-state index in [1.165, 1.54) is 24.3 Å². The number of hydrogen-bond donors (Lipinski definition) is 2. The highest BCUT2D eigenvalue weighted by atomic mass is 31.2. The smallest absolute Gasteiger partial charge is 0.407 e. The van der Waals surface area contributed by atoms with Gasteiger partial charge in [-0.15, -0.1) is 0 Å². The van der Waals surface area contributed by atoms with E-state index in [1.807, 2.05) is 20.8 Å². The Bertz CT molecular complexity index is 852. The molecule has 36 heavy (non-hydrogen) atoms. The van der Waals surface area contributed by atoms with Gasteiger partial charge in [0.1, 0.15) is 12.4 Å². The van der Waals surface area contributed by atoms with E-state index in [4.69, 9.17) is 18.5 Å². The normalized spacial score (nSPS) is 13.2. The Balaban J connectivity index is 2.85. The summed E-state index contributed by atoms with van der Waals surface area (Å²) in [5, 5.41) is 16.1. The minimum absolute atomic E-state index is 0.0776. The molecular weight excluding hydrogens is 493 g/mol. The summed E-state index contributed by atoms with van der Waals surface area (Å²) in [5.41, 5.74) is -0.136. The highest BCUT2D eigenvalue weighted by molar-refractivity contribution is 7.54. The van der Waals surface area contributed by atoms with Gasteiger partial charge in [0.25, 0.3) is 5.69 Å². The quantitative estimate of drug-likeness (QED) is 0.109. The molecule has 0 bridgehead atoms. The Kier molecular flexibility index (Phi) is 15.2. The van der Waals surface area contributed by atoms with E-state index in [0.29, 0.717) is 19.5 Å². The van der Waals surface area contributed by atoms with Gasteiger partial charge in [0.05, 0.1) is 17.7 Å². The molecule has 2 atom stereocenters. The number of ether oxygens (including phenoxy) is 2. The Hall–Kier alpha value is -2.85. The van der Waals surface area contributed by atoms with Crippen molar-refractivity contribution >= 4 is 25.5 Å². The van der Waals surface area contributed by atoms with Crippen molar-refractivity contribution < 1.29 is 37.6 Å². The van der Waals surface area contributed by atoms with Crippen molar-refractivity contribution in [3.05, 3.63) is 34.4 Å². The first-order valence-electron chi connectivity index (χ1n) is 12.3. The lowest BCUT2D eigenvalue weighted by Crippen LogP contribution is -2.36. The number of hydrogen-bond acceptors (Lipinski definition) is 9. The number of nitrogens with one attached hydrogen (secondary N) is 2. The van der Waals surface area contributed by atoms with E-state index >= 15 is 0 Å². The Labute approximate surface area is 212 Å². The lowest BCUT2D eigenvalue weighted by Gasteiger charge is -2.23. The first-order valence-corrected chi connectivity index (χ1v) is 14.0. The van der Waals surface area contributed by atoms with E-state index in [-0.39, 0.29) is 30.8 Å². The highest BCUT2D eigenvalue weighted by Crippen LogP contribution is 2.49. The van der Waals surface area contributed by atoms with Crippen LogP contribution in [0.2, 0.25) is 0 Å². The third kappa shape index (κ3) is 13.3. The number of carbonyl (C=O) groups is 2. The Morgan fingerprint density at radius 3 is 2.08 bits per heavy atom. The molecule has 13 heteroatoms. The van der Waals surface area contributed by atoms with Gasteiger partial charge in [-0.25, -0.2) is 14.2 Å². The molecule has 2 unspecified atom stereocenters. The molecule has 0 aliphatic rings. The second kappa shape index (κ2) is 17.6. The number of non-ortho nitro benzene ring substituents is 1. The van der Waals surface area contributed by atoms with Crippen molar-refractivity contribution in [2.45, 2.75) is 65.4 Å². The maximum atomic E-state index is 13.4. The summed E-state index contributed by atoms with van der Waals surface area (Å²) in [4.78, 5) is 34.4. The third-order valence-electron chi connectivity index (χ3n) is 4.81. The number of unbranched alkanes of at least 4 members (excludes halogenated alkanes) is 3. The van der Waals surface area contributed by atoms with Crippen LogP contribution in [-0.4, -0.2) is 55.7 Å². The molecule has 0 spiro atoms. The first-order chi connectivity index (χ1) is 17.2. The molecule has 0 radical (unpaired) electrons. The van der Waals surface area contributed by atoms with Gasteiger partial charge < -0.3 is 24.6 Å². The molecule has 1 aromatic carbocycles. The zero-order valence-corrected chi connectivity index (χ0v) is 22.1. The highest BCUT2D eigenvalue weighted by Gasteiger charge is 2.29. The van der Waals surface area contributed by atoms with Crippen LogP contribution < -0.4 is 15.2 Å². The summed E-state index contributed by atoms with van der Waals surface area (Å²) >= 11 is 0. The summed E-state index contributed by atoms with van der Waals surface area (Å²) in [6.07, 6.45) is 2.25. The van der Waals surface area contributed by atoms with Crippen molar-refractivity contribution in [1.82, 2.24) is 10.6 Å². The zero-order chi connectivity index (χ0) is 26.8. The molecule has 2 amide bonds. The zero-order valence-electron chi connectivity index (χ0n) is 21.2. The summed E-state index contributed by atoms with van der Waals surface area (Å²) in [6, 6.07) is 5.13. The maximum absolute atomic E-state index is 13.4. The molecule has 0 aromatic heterocycles. The van der Waals surface area contributed by atoms with E-state index in [1.54, 1.807) is 0 Å². The second-order valence-electron chi connectivity index (χ2n) is 8.01. The van der Waals surface area contributed by atoms with E-state index in [2.05, 4.69) is 10.6 Å². The molecule has 0 aliphatic carbocycles. The number of carbonyl (C=O) groups excluding carboxylic acids is 2. The Morgan fingerprint density at radius 2 is 1.53 bits per heavy atom. The fourth-order valence-electron chi connectivity index (χ4n) is 2.74. The SMILES string of the molecule is CCCCNC(=O)OCC(COP(=O)(CCCC)Oc1ccc([N+](=O)[O-])cc1)OC(=O)NCCCC. The van der Waals surface area contributed by atoms with Crippen LogP contribution in [0.3, 0.4) is 0 Å². The fraction of sp³-hybridized carbons (Fsp3) is 0.652. The number of nitro groups is 1. The van der Waals surface area contributed by atoms with Gasteiger partial charge in [-0.2, -0.15) is 0 Å². The summed E-state index contributed by atoms with van der Waals surface area (Å²) < 4.78 is 35.1. The molecule has 0 saturated heterocycles. The van der Waals surface area contributed by atoms with Gasteiger partial charge in [0.2, 0.25) is 0 Å². The average Bonchev–Trinajstić information content (AvgIpc) is 2.85. The van der Waals surface area contributed by atoms with Crippen molar-refractivity contribution in [2.24, 2.45) is 0 Å². The number of nitro benzene ring substituents is 1.